The van der Waals surface area contributed by atoms with Crippen molar-refractivity contribution < 1.29 is 9.90 Å². The largest absolute Gasteiger partial charge is 0.481 e. The van der Waals surface area contributed by atoms with Crippen LogP contribution in [0.4, 0.5) is 0 Å². The van der Waals surface area contributed by atoms with Gasteiger partial charge in [-0.3, -0.25) is 4.79 Å². The van der Waals surface area contributed by atoms with E-state index in [2.05, 4.69) is 32.0 Å². The van der Waals surface area contributed by atoms with Crippen LogP contribution in [0, 0.1) is 19.8 Å². The van der Waals surface area contributed by atoms with Crippen molar-refractivity contribution in [1.29, 1.82) is 0 Å². The molecule has 2 nitrogen and oxygen atoms in total. The van der Waals surface area contributed by atoms with Crippen LogP contribution >= 0.6 is 0 Å². The zero-order valence-electron chi connectivity index (χ0n) is 8.45. The molecule has 1 aromatic rings. The molecular weight excluding hydrogens is 176 g/mol. The maximum absolute atomic E-state index is 10.7. The zero-order chi connectivity index (χ0) is 10.3. The van der Waals surface area contributed by atoms with Crippen molar-refractivity contribution in [2.24, 2.45) is 5.92 Å². The lowest BCUT2D eigenvalue weighted by molar-refractivity contribution is -0.138. The van der Waals surface area contributed by atoms with Crippen LogP contribution in [0.3, 0.4) is 0 Å². The van der Waals surface area contributed by atoms with Gasteiger partial charge < -0.3 is 5.11 Å². The molecule has 0 aromatic heterocycles. The third-order valence-electron chi connectivity index (χ3n) is 2.78. The molecule has 1 aromatic carbocycles. The van der Waals surface area contributed by atoms with Crippen molar-refractivity contribution >= 4 is 5.97 Å². The highest BCUT2D eigenvalue weighted by atomic mass is 16.4. The zero-order valence-corrected chi connectivity index (χ0v) is 8.45. The second-order valence-corrected chi connectivity index (χ2v) is 4.21. The molecule has 14 heavy (non-hydrogen) atoms. The van der Waals surface area contributed by atoms with E-state index in [1.54, 1.807) is 0 Å². The lowest BCUT2D eigenvalue weighted by Crippen LogP contribution is -1.99. The van der Waals surface area contributed by atoms with E-state index in [1.165, 1.54) is 16.7 Å². The Balaban J connectivity index is 2.23. The molecule has 2 rings (SSSR count). The van der Waals surface area contributed by atoms with Crippen molar-refractivity contribution in [2.45, 2.75) is 26.2 Å². The number of carbonyl (C=O) groups is 1. The van der Waals surface area contributed by atoms with E-state index in [1.807, 2.05) is 0 Å². The van der Waals surface area contributed by atoms with Gasteiger partial charge in [0.2, 0.25) is 0 Å². The summed E-state index contributed by atoms with van der Waals surface area (Å²) < 4.78 is 0. The Labute approximate surface area is 83.6 Å². The molecule has 0 bridgehead atoms. The van der Waals surface area contributed by atoms with Gasteiger partial charge in [-0.05, 0) is 31.7 Å². The Bertz CT molecular complexity index is 362. The fourth-order valence-corrected chi connectivity index (χ4v) is 2.06. The van der Waals surface area contributed by atoms with Gasteiger partial charge in [0.1, 0.15) is 0 Å². The molecule has 0 amide bonds. The van der Waals surface area contributed by atoms with Crippen LogP contribution in [-0.4, -0.2) is 11.1 Å². The van der Waals surface area contributed by atoms with Crippen LogP contribution in [0.2, 0.25) is 0 Å². The molecule has 0 saturated heterocycles. The fraction of sp³-hybridized carbons (Fsp3) is 0.417. The Morgan fingerprint density at radius 1 is 1.29 bits per heavy atom. The highest BCUT2D eigenvalue weighted by Gasteiger charge is 2.44. The molecule has 1 unspecified atom stereocenters. The van der Waals surface area contributed by atoms with E-state index in [4.69, 9.17) is 5.11 Å². The third kappa shape index (κ3) is 1.65. The number of hydrogen-bond donors (Lipinski definition) is 1. The smallest absolute Gasteiger partial charge is 0.307 e. The van der Waals surface area contributed by atoms with Gasteiger partial charge in [-0.2, -0.15) is 0 Å². The van der Waals surface area contributed by atoms with Crippen LogP contribution in [0.25, 0.3) is 0 Å². The summed E-state index contributed by atoms with van der Waals surface area (Å²) in [7, 11) is 0. The van der Waals surface area contributed by atoms with E-state index in [0.717, 1.165) is 6.42 Å². The summed E-state index contributed by atoms with van der Waals surface area (Å²) in [6.07, 6.45) is 0.804. The van der Waals surface area contributed by atoms with Gasteiger partial charge >= 0.3 is 5.97 Å². The monoisotopic (exact) mass is 190 g/mol. The van der Waals surface area contributed by atoms with Crippen molar-refractivity contribution in [3.63, 3.8) is 0 Å². The molecule has 0 aliphatic heterocycles. The molecule has 0 heterocycles. The number of carboxylic acid groups (broad SMARTS) is 1. The highest BCUT2D eigenvalue weighted by molar-refractivity contribution is 5.75. The lowest BCUT2D eigenvalue weighted by Gasteiger charge is -2.03. The van der Waals surface area contributed by atoms with Gasteiger partial charge in [0, 0.05) is 0 Å². The van der Waals surface area contributed by atoms with Gasteiger partial charge in [-0.15, -0.1) is 0 Å². The highest BCUT2D eigenvalue weighted by Crippen LogP contribution is 2.47. The second kappa shape index (κ2) is 3.12. The van der Waals surface area contributed by atoms with Gasteiger partial charge in [0.15, 0.2) is 0 Å². The van der Waals surface area contributed by atoms with Gasteiger partial charge in [0.05, 0.1) is 5.92 Å². The minimum absolute atomic E-state index is 0.142. The predicted molar refractivity (Wildman–Crippen MR) is 54.4 cm³/mol. The predicted octanol–water partition coefficient (Wildman–Crippen LogP) is 2.49. The summed E-state index contributed by atoms with van der Waals surface area (Å²) in [6, 6.07) is 6.31. The molecule has 1 saturated carbocycles. The SMILES string of the molecule is Cc1cc(C)cc(C2C[C@H]2C(=O)O)c1. The summed E-state index contributed by atoms with van der Waals surface area (Å²) in [5.41, 5.74) is 3.63. The molecule has 1 aliphatic rings. The first-order valence-corrected chi connectivity index (χ1v) is 4.89. The first-order valence-electron chi connectivity index (χ1n) is 4.89. The molecule has 2 heteroatoms. The minimum atomic E-state index is -0.658. The second-order valence-electron chi connectivity index (χ2n) is 4.21. The van der Waals surface area contributed by atoms with E-state index >= 15 is 0 Å². The van der Waals surface area contributed by atoms with Crippen LogP contribution in [0.15, 0.2) is 18.2 Å². The average molecular weight is 190 g/mol. The number of rotatable bonds is 2. The lowest BCUT2D eigenvalue weighted by atomic mass is 10.0. The summed E-state index contributed by atoms with van der Waals surface area (Å²) in [4.78, 5) is 10.7. The van der Waals surface area contributed by atoms with Crippen molar-refractivity contribution in [3.05, 3.63) is 34.9 Å². The maximum Gasteiger partial charge on any atom is 0.307 e. The molecule has 2 atom stereocenters. The van der Waals surface area contributed by atoms with Crippen molar-refractivity contribution in [3.8, 4) is 0 Å². The molecule has 1 aliphatic carbocycles. The fourth-order valence-electron chi connectivity index (χ4n) is 2.06. The number of aliphatic carboxylic acids is 1. The first-order chi connectivity index (χ1) is 6.58. The van der Waals surface area contributed by atoms with E-state index in [9.17, 15) is 4.79 Å². The molecule has 0 spiro atoms. The number of carboxylic acids is 1. The summed E-state index contributed by atoms with van der Waals surface area (Å²) >= 11 is 0. The van der Waals surface area contributed by atoms with E-state index in [0.29, 0.717) is 0 Å². The van der Waals surface area contributed by atoms with Crippen LogP contribution in [-0.2, 0) is 4.79 Å². The number of aryl methyl sites for hydroxylation is 2. The van der Waals surface area contributed by atoms with Crippen LogP contribution in [0.5, 0.6) is 0 Å². The van der Waals surface area contributed by atoms with E-state index in [-0.39, 0.29) is 11.8 Å². The number of benzene rings is 1. The number of hydrogen-bond acceptors (Lipinski definition) is 1. The standard InChI is InChI=1S/C12H14O2/c1-7-3-8(2)5-9(4-7)10-6-11(10)12(13)14/h3-5,10-11H,6H2,1-2H3,(H,13,14)/t10?,11-/m1/s1. The molecule has 1 fully saturated rings. The average Bonchev–Trinajstić information content (AvgIpc) is 2.79. The Morgan fingerprint density at radius 2 is 1.86 bits per heavy atom. The molecule has 74 valence electrons. The van der Waals surface area contributed by atoms with Crippen molar-refractivity contribution in [2.75, 3.05) is 0 Å². The Hall–Kier alpha value is -1.31. The van der Waals surface area contributed by atoms with Gasteiger partial charge in [-0.25, -0.2) is 0 Å². The van der Waals surface area contributed by atoms with Crippen molar-refractivity contribution in [1.82, 2.24) is 0 Å². The van der Waals surface area contributed by atoms with E-state index < -0.39 is 5.97 Å². The van der Waals surface area contributed by atoms with Gasteiger partial charge in [-0.1, -0.05) is 29.3 Å². The molecule has 0 radical (unpaired) electrons. The molecular formula is C12H14O2. The minimum Gasteiger partial charge on any atom is -0.481 e. The summed E-state index contributed by atoms with van der Waals surface area (Å²) in [5.74, 6) is -0.545. The van der Waals surface area contributed by atoms with Crippen LogP contribution < -0.4 is 0 Å². The van der Waals surface area contributed by atoms with Gasteiger partial charge in [0.25, 0.3) is 0 Å². The topological polar surface area (TPSA) is 37.3 Å². The quantitative estimate of drug-likeness (QED) is 0.778. The maximum atomic E-state index is 10.7. The first kappa shape index (κ1) is 9.25. The third-order valence-corrected chi connectivity index (χ3v) is 2.78. The van der Waals surface area contributed by atoms with Crippen LogP contribution in [0.1, 0.15) is 29.0 Å². The Kier molecular flexibility index (Phi) is 2.06. The normalized spacial score (nSPS) is 24.7. The summed E-state index contributed by atoms with van der Waals surface area (Å²) in [5, 5.41) is 8.82. The Morgan fingerprint density at radius 3 is 2.29 bits per heavy atom. The summed E-state index contributed by atoms with van der Waals surface area (Å²) in [6.45, 7) is 4.10. The molecule has 1 N–H and O–H groups in total.